The molecule has 19 heavy (non-hydrogen) atoms. The van der Waals surface area contributed by atoms with Gasteiger partial charge in [-0.15, -0.1) is 0 Å². The van der Waals surface area contributed by atoms with Crippen molar-refractivity contribution in [2.45, 2.75) is 12.5 Å². The molecule has 0 saturated heterocycles. The number of rotatable bonds is 6. The van der Waals surface area contributed by atoms with Crippen LogP contribution in [-0.2, 0) is 9.53 Å². The lowest BCUT2D eigenvalue weighted by Gasteiger charge is -2.14. The van der Waals surface area contributed by atoms with Gasteiger partial charge in [-0.3, -0.25) is 9.59 Å². The van der Waals surface area contributed by atoms with Crippen LogP contribution in [-0.4, -0.2) is 36.7 Å². The van der Waals surface area contributed by atoms with Crippen LogP contribution in [0.25, 0.3) is 0 Å². The molecule has 0 saturated carbocycles. The minimum Gasteiger partial charge on any atom is -0.481 e. The van der Waals surface area contributed by atoms with Gasteiger partial charge in [0.25, 0.3) is 5.91 Å². The number of nitrogens with two attached hydrogens (primary N) is 1. The zero-order valence-corrected chi connectivity index (χ0v) is 11.1. The molecule has 1 atom stereocenters. The van der Waals surface area contributed by atoms with Gasteiger partial charge in [0.1, 0.15) is 0 Å². The van der Waals surface area contributed by atoms with Crippen LogP contribution in [0.3, 0.4) is 0 Å². The number of carbonyl (C=O) groups excluding carboxylic acids is 1. The Morgan fingerprint density at radius 3 is 2.68 bits per heavy atom. The summed E-state index contributed by atoms with van der Waals surface area (Å²) in [5.74, 6) is -1.38. The molecule has 4 N–H and O–H groups in total. The van der Waals surface area contributed by atoms with Crippen LogP contribution in [0.4, 0.5) is 5.69 Å². The summed E-state index contributed by atoms with van der Waals surface area (Å²) < 4.78 is 4.95. The number of carboxylic acids is 1. The Morgan fingerprint density at radius 2 is 2.16 bits per heavy atom. The predicted molar refractivity (Wildman–Crippen MR) is 71.2 cm³/mol. The number of carbonyl (C=O) groups is 2. The van der Waals surface area contributed by atoms with Gasteiger partial charge in [0.2, 0.25) is 0 Å². The Kier molecular flexibility index (Phi) is 5.59. The van der Waals surface area contributed by atoms with Gasteiger partial charge in [0.05, 0.1) is 12.5 Å². The number of halogens is 1. The summed E-state index contributed by atoms with van der Waals surface area (Å²) in [7, 11) is 1.39. The molecule has 0 aromatic heterocycles. The van der Waals surface area contributed by atoms with E-state index in [1.807, 2.05) is 0 Å². The fourth-order valence-corrected chi connectivity index (χ4v) is 1.73. The van der Waals surface area contributed by atoms with E-state index in [0.717, 1.165) is 0 Å². The number of nitrogens with one attached hydrogen (secondary N) is 1. The van der Waals surface area contributed by atoms with Crippen molar-refractivity contribution in [3.8, 4) is 0 Å². The van der Waals surface area contributed by atoms with E-state index in [9.17, 15) is 9.59 Å². The number of amides is 1. The highest BCUT2D eigenvalue weighted by Gasteiger charge is 2.14. The highest BCUT2D eigenvalue weighted by molar-refractivity contribution is 6.31. The summed E-state index contributed by atoms with van der Waals surface area (Å²) >= 11 is 5.79. The molecule has 7 heteroatoms. The van der Waals surface area contributed by atoms with Gasteiger partial charge < -0.3 is 20.9 Å². The van der Waals surface area contributed by atoms with Crippen molar-refractivity contribution in [2.24, 2.45) is 0 Å². The average Bonchev–Trinajstić information content (AvgIpc) is 2.32. The predicted octanol–water partition coefficient (Wildman–Crippen LogP) is 1.14. The summed E-state index contributed by atoms with van der Waals surface area (Å²) in [6.07, 6.45) is -0.771. The zero-order chi connectivity index (χ0) is 14.4. The number of aliphatic carboxylic acids is 1. The first kappa shape index (κ1) is 15.3. The van der Waals surface area contributed by atoms with Crippen LogP contribution >= 0.6 is 11.6 Å². The molecule has 0 spiro atoms. The third kappa shape index (κ3) is 5.15. The van der Waals surface area contributed by atoms with Gasteiger partial charge in [-0.05, 0) is 18.2 Å². The molecule has 0 heterocycles. The molecule has 6 nitrogen and oxygen atoms in total. The molecule has 1 amide bonds. The van der Waals surface area contributed by atoms with Gasteiger partial charge in [0.15, 0.2) is 0 Å². The molecule has 0 fully saturated rings. The van der Waals surface area contributed by atoms with E-state index in [2.05, 4.69) is 5.32 Å². The number of ether oxygens (including phenoxy) is 1. The number of nitrogen functional groups attached to an aromatic ring is 1. The highest BCUT2D eigenvalue weighted by Crippen LogP contribution is 2.16. The number of hydrogen-bond donors (Lipinski definition) is 3. The van der Waals surface area contributed by atoms with Crippen molar-refractivity contribution in [1.82, 2.24) is 5.32 Å². The monoisotopic (exact) mass is 286 g/mol. The van der Waals surface area contributed by atoms with E-state index in [1.165, 1.54) is 25.3 Å². The lowest BCUT2D eigenvalue weighted by atomic mass is 10.2. The van der Waals surface area contributed by atoms with Crippen molar-refractivity contribution in [2.75, 3.05) is 19.4 Å². The van der Waals surface area contributed by atoms with Crippen LogP contribution < -0.4 is 11.1 Å². The molecular formula is C12H15ClN2O4. The van der Waals surface area contributed by atoms with Crippen LogP contribution in [0.2, 0.25) is 5.02 Å². The second-order valence-electron chi connectivity index (χ2n) is 3.94. The molecular weight excluding hydrogens is 272 g/mol. The molecule has 1 unspecified atom stereocenters. The van der Waals surface area contributed by atoms with Crippen molar-refractivity contribution in [3.63, 3.8) is 0 Å². The average molecular weight is 287 g/mol. The van der Waals surface area contributed by atoms with E-state index in [-0.39, 0.29) is 18.9 Å². The zero-order valence-electron chi connectivity index (χ0n) is 10.4. The summed E-state index contributed by atoms with van der Waals surface area (Å²) in [6.45, 7) is 0.0913. The second-order valence-corrected chi connectivity index (χ2v) is 4.38. The van der Waals surface area contributed by atoms with E-state index >= 15 is 0 Å². The van der Waals surface area contributed by atoms with Crippen molar-refractivity contribution in [3.05, 3.63) is 28.8 Å². The van der Waals surface area contributed by atoms with Crippen molar-refractivity contribution in [1.29, 1.82) is 0 Å². The SMILES string of the molecule is COC(CNC(=O)c1cc(N)cc(Cl)c1)CC(=O)O. The summed E-state index contributed by atoms with van der Waals surface area (Å²) in [5.41, 5.74) is 6.27. The molecule has 0 radical (unpaired) electrons. The Balaban J connectivity index is 2.61. The standard InChI is InChI=1S/C12H15ClN2O4/c1-19-10(5-11(16)17)6-15-12(18)7-2-8(13)4-9(14)3-7/h2-4,10H,5-6,14H2,1H3,(H,15,18)(H,16,17). The largest absolute Gasteiger partial charge is 0.481 e. The van der Waals surface area contributed by atoms with E-state index in [0.29, 0.717) is 16.3 Å². The van der Waals surface area contributed by atoms with Gasteiger partial charge in [0, 0.05) is 29.9 Å². The molecule has 0 aliphatic heterocycles. The topological polar surface area (TPSA) is 102 Å². The normalized spacial score (nSPS) is 11.9. The molecule has 0 aliphatic rings. The summed E-state index contributed by atoms with van der Waals surface area (Å²) in [6, 6.07) is 4.49. The van der Waals surface area contributed by atoms with Crippen molar-refractivity contribution < 1.29 is 19.4 Å². The minimum absolute atomic E-state index is 0.0913. The Bertz CT molecular complexity index is 459. The lowest BCUT2D eigenvalue weighted by molar-refractivity contribution is -0.139. The number of carboxylic acid groups (broad SMARTS) is 1. The van der Waals surface area contributed by atoms with Crippen LogP contribution in [0.15, 0.2) is 18.2 Å². The van der Waals surface area contributed by atoms with E-state index in [4.69, 9.17) is 27.2 Å². The van der Waals surface area contributed by atoms with Crippen LogP contribution in [0.1, 0.15) is 16.8 Å². The first-order chi connectivity index (χ1) is 8.92. The van der Waals surface area contributed by atoms with Gasteiger partial charge in [-0.1, -0.05) is 11.6 Å². The molecule has 1 rings (SSSR count). The highest BCUT2D eigenvalue weighted by atomic mass is 35.5. The van der Waals surface area contributed by atoms with Gasteiger partial charge in [-0.2, -0.15) is 0 Å². The first-order valence-corrected chi connectivity index (χ1v) is 5.89. The van der Waals surface area contributed by atoms with Crippen LogP contribution in [0, 0.1) is 0 Å². The minimum atomic E-state index is -0.993. The summed E-state index contributed by atoms with van der Waals surface area (Å²) in [5, 5.41) is 11.6. The molecule has 104 valence electrons. The van der Waals surface area contributed by atoms with Crippen LogP contribution in [0.5, 0.6) is 0 Å². The Morgan fingerprint density at radius 1 is 1.47 bits per heavy atom. The second kappa shape index (κ2) is 6.96. The maximum atomic E-state index is 11.8. The van der Waals surface area contributed by atoms with E-state index in [1.54, 1.807) is 0 Å². The Labute approximate surface area is 115 Å². The molecule has 1 aromatic rings. The number of benzene rings is 1. The van der Waals surface area contributed by atoms with Gasteiger partial charge >= 0.3 is 5.97 Å². The molecule has 0 aliphatic carbocycles. The van der Waals surface area contributed by atoms with E-state index < -0.39 is 12.1 Å². The Hall–Kier alpha value is -1.79. The number of anilines is 1. The lowest BCUT2D eigenvalue weighted by Crippen LogP contribution is -2.34. The molecule has 1 aromatic carbocycles. The maximum absolute atomic E-state index is 11.8. The number of hydrogen-bond acceptors (Lipinski definition) is 4. The van der Waals surface area contributed by atoms with Gasteiger partial charge in [-0.25, -0.2) is 0 Å². The third-order valence-corrected chi connectivity index (χ3v) is 2.63. The summed E-state index contributed by atoms with van der Waals surface area (Å²) in [4.78, 5) is 22.4. The smallest absolute Gasteiger partial charge is 0.306 e. The fraction of sp³-hybridized carbons (Fsp3) is 0.333. The maximum Gasteiger partial charge on any atom is 0.306 e. The number of methoxy groups -OCH3 is 1. The van der Waals surface area contributed by atoms with Crippen molar-refractivity contribution >= 4 is 29.2 Å². The third-order valence-electron chi connectivity index (χ3n) is 2.41. The first-order valence-electron chi connectivity index (χ1n) is 5.51. The quantitative estimate of drug-likeness (QED) is 0.681. The molecule has 0 bridgehead atoms. The fourth-order valence-electron chi connectivity index (χ4n) is 1.49.